The van der Waals surface area contributed by atoms with Crippen LogP contribution < -0.4 is 5.73 Å². The molecule has 0 saturated heterocycles. The van der Waals surface area contributed by atoms with Gasteiger partial charge < -0.3 is 5.73 Å². The summed E-state index contributed by atoms with van der Waals surface area (Å²) in [5.74, 6) is 0.646. The molecule has 0 unspecified atom stereocenters. The largest absolute Gasteiger partial charge is 0.383 e. The first-order chi connectivity index (χ1) is 8.25. The highest BCUT2D eigenvalue weighted by Crippen LogP contribution is 2.25. The van der Waals surface area contributed by atoms with E-state index in [1.165, 1.54) is 5.56 Å². The van der Waals surface area contributed by atoms with Crippen LogP contribution in [0.25, 0.3) is 16.9 Å². The van der Waals surface area contributed by atoms with Crippen molar-refractivity contribution in [2.45, 2.75) is 6.92 Å². The lowest BCUT2D eigenvalue weighted by atomic mass is 10.2. The van der Waals surface area contributed by atoms with Crippen molar-refractivity contribution in [3.63, 3.8) is 0 Å². The van der Waals surface area contributed by atoms with Crippen LogP contribution in [0.4, 0.5) is 5.82 Å². The van der Waals surface area contributed by atoms with Gasteiger partial charge in [0.25, 0.3) is 0 Å². The van der Waals surface area contributed by atoms with Crippen LogP contribution in [0.1, 0.15) is 5.56 Å². The standard InChI is InChI=1S/C13H12N4/c1-9-4-6-17-11(7-9)16-12(13(17)14)10-3-2-5-15-8-10/h2-8H,14H2,1H3. The maximum Gasteiger partial charge on any atom is 0.139 e. The molecule has 0 radical (unpaired) electrons. The van der Waals surface area contributed by atoms with Gasteiger partial charge in [0.1, 0.15) is 17.2 Å². The molecular formula is C13H12N4. The summed E-state index contributed by atoms with van der Waals surface area (Å²) in [6, 6.07) is 7.86. The van der Waals surface area contributed by atoms with E-state index in [0.29, 0.717) is 5.82 Å². The zero-order valence-corrected chi connectivity index (χ0v) is 9.46. The molecule has 3 aromatic rings. The van der Waals surface area contributed by atoms with Crippen molar-refractivity contribution in [2.24, 2.45) is 0 Å². The number of nitrogens with two attached hydrogens (primary N) is 1. The second-order valence-corrected chi connectivity index (χ2v) is 4.02. The van der Waals surface area contributed by atoms with Gasteiger partial charge >= 0.3 is 0 Å². The van der Waals surface area contributed by atoms with E-state index in [1.54, 1.807) is 12.4 Å². The zero-order valence-electron chi connectivity index (χ0n) is 9.46. The van der Waals surface area contributed by atoms with Crippen molar-refractivity contribution in [3.05, 3.63) is 48.4 Å². The summed E-state index contributed by atoms with van der Waals surface area (Å²) in [7, 11) is 0. The molecule has 0 aliphatic heterocycles. The third-order valence-corrected chi connectivity index (χ3v) is 2.75. The summed E-state index contributed by atoms with van der Waals surface area (Å²) in [6.07, 6.45) is 5.44. The molecule has 0 amide bonds. The Balaban J connectivity index is 2.28. The van der Waals surface area contributed by atoms with Crippen molar-refractivity contribution in [1.82, 2.24) is 14.4 Å². The smallest absolute Gasteiger partial charge is 0.139 e. The molecule has 4 nitrogen and oxygen atoms in total. The molecule has 3 heterocycles. The highest BCUT2D eigenvalue weighted by molar-refractivity contribution is 5.74. The molecule has 0 aromatic carbocycles. The van der Waals surface area contributed by atoms with Gasteiger partial charge in [0.2, 0.25) is 0 Å². The van der Waals surface area contributed by atoms with Gasteiger partial charge in [-0.3, -0.25) is 9.38 Å². The normalized spacial score (nSPS) is 10.9. The minimum atomic E-state index is 0.646. The molecule has 2 N–H and O–H groups in total. The van der Waals surface area contributed by atoms with Gasteiger partial charge in [-0.05, 0) is 36.8 Å². The fourth-order valence-electron chi connectivity index (χ4n) is 1.88. The van der Waals surface area contributed by atoms with E-state index >= 15 is 0 Å². The Kier molecular flexibility index (Phi) is 2.08. The molecule has 0 bridgehead atoms. The highest BCUT2D eigenvalue weighted by Gasteiger charge is 2.10. The molecule has 0 aliphatic carbocycles. The number of nitrogen functional groups attached to an aromatic ring is 1. The average Bonchev–Trinajstić information content (AvgIpc) is 2.67. The number of aryl methyl sites for hydroxylation is 1. The second kappa shape index (κ2) is 3.59. The van der Waals surface area contributed by atoms with Crippen LogP contribution in [0.3, 0.4) is 0 Å². The maximum absolute atomic E-state index is 6.09. The lowest BCUT2D eigenvalue weighted by molar-refractivity contribution is 1.18. The van der Waals surface area contributed by atoms with Crippen LogP contribution in [-0.4, -0.2) is 14.4 Å². The van der Waals surface area contributed by atoms with Gasteiger partial charge in [-0.25, -0.2) is 4.98 Å². The number of fused-ring (bicyclic) bond motifs is 1. The molecular weight excluding hydrogens is 212 g/mol. The summed E-state index contributed by atoms with van der Waals surface area (Å²) in [5.41, 5.74) is 9.84. The lowest BCUT2D eigenvalue weighted by Gasteiger charge is -1.98. The van der Waals surface area contributed by atoms with Crippen molar-refractivity contribution >= 4 is 11.5 Å². The first-order valence-corrected chi connectivity index (χ1v) is 5.40. The molecule has 0 fully saturated rings. The Hall–Kier alpha value is -2.36. The lowest BCUT2D eigenvalue weighted by Crippen LogP contribution is -1.94. The van der Waals surface area contributed by atoms with E-state index in [-0.39, 0.29) is 0 Å². The number of rotatable bonds is 1. The summed E-state index contributed by atoms with van der Waals surface area (Å²) < 4.78 is 1.88. The SMILES string of the molecule is Cc1ccn2c(N)c(-c3cccnc3)nc2c1. The van der Waals surface area contributed by atoms with E-state index < -0.39 is 0 Å². The fraction of sp³-hybridized carbons (Fsp3) is 0.0769. The number of nitrogens with zero attached hydrogens (tertiary/aromatic N) is 3. The molecule has 17 heavy (non-hydrogen) atoms. The minimum Gasteiger partial charge on any atom is -0.383 e. The van der Waals surface area contributed by atoms with Gasteiger partial charge in [0.05, 0.1) is 0 Å². The summed E-state index contributed by atoms with van der Waals surface area (Å²) in [5, 5.41) is 0. The van der Waals surface area contributed by atoms with Crippen LogP contribution in [0.2, 0.25) is 0 Å². The van der Waals surface area contributed by atoms with Crippen molar-refractivity contribution in [3.8, 4) is 11.3 Å². The Bertz CT molecular complexity index is 670. The molecule has 0 atom stereocenters. The molecule has 0 aliphatic rings. The van der Waals surface area contributed by atoms with Crippen molar-refractivity contribution < 1.29 is 0 Å². The fourth-order valence-corrected chi connectivity index (χ4v) is 1.88. The first kappa shape index (κ1) is 9.84. The van der Waals surface area contributed by atoms with Crippen LogP contribution in [-0.2, 0) is 0 Å². The van der Waals surface area contributed by atoms with Crippen LogP contribution in [0.5, 0.6) is 0 Å². The van der Waals surface area contributed by atoms with Gasteiger partial charge in [0.15, 0.2) is 0 Å². The predicted octanol–water partition coefficient (Wildman–Crippen LogP) is 2.29. The molecule has 0 spiro atoms. The Morgan fingerprint density at radius 2 is 2.18 bits per heavy atom. The highest BCUT2D eigenvalue weighted by atomic mass is 15.1. The van der Waals surface area contributed by atoms with Gasteiger partial charge in [-0.15, -0.1) is 0 Å². The maximum atomic E-state index is 6.09. The van der Waals surface area contributed by atoms with E-state index in [4.69, 9.17) is 5.73 Å². The zero-order chi connectivity index (χ0) is 11.8. The van der Waals surface area contributed by atoms with E-state index in [9.17, 15) is 0 Å². The van der Waals surface area contributed by atoms with E-state index in [0.717, 1.165) is 16.9 Å². The van der Waals surface area contributed by atoms with E-state index in [2.05, 4.69) is 9.97 Å². The average molecular weight is 224 g/mol. The molecule has 3 aromatic heterocycles. The number of imidazole rings is 1. The summed E-state index contributed by atoms with van der Waals surface area (Å²) >= 11 is 0. The van der Waals surface area contributed by atoms with Crippen LogP contribution >= 0.6 is 0 Å². The Morgan fingerprint density at radius 1 is 1.29 bits per heavy atom. The number of hydrogen-bond acceptors (Lipinski definition) is 3. The second-order valence-electron chi connectivity index (χ2n) is 4.02. The Labute approximate surface area is 98.8 Å². The molecule has 0 saturated carbocycles. The molecule has 4 heteroatoms. The third-order valence-electron chi connectivity index (χ3n) is 2.75. The monoisotopic (exact) mass is 224 g/mol. The first-order valence-electron chi connectivity index (χ1n) is 5.40. The number of pyridine rings is 2. The van der Waals surface area contributed by atoms with Crippen molar-refractivity contribution in [2.75, 3.05) is 5.73 Å². The number of anilines is 1. The molecule has 3 rings (SSSR count). The van der Waals surface area contributed by atoms with Gasteiger partial charge in [0, 0.05) is 24.2 Å². The van der Waals surface area contributed by atoms with Crippen LogP contribution in [0, 0.1) is 6.92 Å². The molecule has 84 valence electrons. The van der Waals surface area contributed by atoms with Crippen LogP contribution in [0.15, 0.2) is 42.9 Å². The van der Waals surface area contributed by atoms with Crippen molar-refractivity contribution in [1.29, 1.82) is 0 Å². The summed E-state index contributed by atoms with van der Waals surface area (Å²) in [6.45, 7) is 2.04. The predicted molar refractivity (Wildman–Crippen MR) is 67.6 cm³/mol. The quantitative estimate of drug-likeness (QED) is 0.690. The topological polar surface area (TPSA) is 56.2 Å². The minimum absolute atomic E-state index is 0.646. The number of hydrogen-bond donors (Lipinski definition) is 1. The van der Waals surface area contributed by atoms with E-state index in [1.807, 2.05) is 41.8 Å². The van der Waals surface area contributed by atoms with Gasteiger partial charge in [-0.1, -0.05) is 0 Å². The Morgan fingerprint density at radius 3 is 2.94 bits per heavy atom. The number of aromatic nitrogens is 3. The summed E-state index contributed by atoms with van der Waals surface area (Å²) in [4.78, 5) is 8.63. The third kappa shape index (κ3) is 1.54. The van der Waals surface area contributed by atoms with Gasteiger partial charge in [-0.2, -0.15) is 0 Å².